The number of hydrogen-bond acceptors (Lipinski definition) is 4. The third-order valence-electron chi connectivity index (χ3n) is 2.70. The van der Waals surface area contributed by atoms with Gasteiger partial charge >= 0.3 is 6.09 Å². The number of rotatable bonds is 2. The van der Waals surface area contributed by atoms with Gasteiger partial charge in [-0.05, 0) is 25.0 Å². The molecule has 1 aliphatic heterocycles. The van der Waals surface area contributed by atoms with E-state index in [0.29, 0.717) is 0 Å². The van der Waals surface area contributed by atoms with E-state index in [0.717, 1.165) is 31.7 Å². The fourth-order valence-corrected chi connectivity index (χ4v) is 1.89. The summed E-state index contributed by atoms with van der Waals surface area (Å²) < 4.78 is 0. The van der Waals surface area contributed by atoms with Crippen molar-refractivity contribution >= 4 is 11.9 Å². The first kappa shape index (κ1) is 10.7. The maximum Gasteiger partial charge on any atom is 0.404 e. The first-order valence-corrected chi connectivity index (χ1v) is 5.28. The largest absolute Gasteiger partial charge is 0.465 e. The molecule has 2 heterocycles. The smallest absolute Gasteiger partial charge is 0.404 e. The molecule has 2 N–H and O–H groups in total. The van der Waals surface area contributed by atoms with Crippen LogP contribution in [0.15, 0.2) is 18.3 Å². The van der Waals surface area contributed by atoms with Crippen molar-refractivity contribution in [2.45, 2.75) is 18.9 Å². The molecule has 0 unspecified atom stereocenters. The van der Waals surface area contributed by atoms with Gasteiger partial charge in [0.15, 0.2) is 5.82 Å². The molecule has 0 radical (unpaired) electrons. The van der Waals surface area contributed by atoms with Gasteiger partial charge < -0.3 is 15.3 Å². The van der Waals surface area contributed by atoms with Gasteiger partial charge in [0.2, 0.25) is 0 Å². The normalized spacial score (nSPS) is 17.1. The van der Waals surface area contributed by atoms with Crippen LogP contribution in [0.25, 0.3) is 0 Å². The summed E-state index contributed by atoms with van der Waals surface area (Å²) in [7, 11) is 0. The molecule has 1 aromatic rings. The summed E-state index contributed by atoms with van der Waals surface area (Å²) in [6.45, 7) is 1.62. The maximum absolute atomic E-state index is 10.5. The van der Waals surface area contributed by atoms with Gasteiger partial charge in [0, 0.05) is 25.3 Å². The summed E-state index contributed by atoms with van der Waals surface area (Å²) in [5, 5.41) is 19.0. The fourth-order valence-electron chi connectivity index (χ4n) is 1.89. The van der Waals surface area contributed by atoms with Gasteiger partial charge in [0.25, 0.3) is 0 Å². The predicted octanol–water partition coefficient (Wildman–Crippen LogP) is 0.713. The summed E-state index contributed by atoms with van der Waals surface area (Å²) in [6, 6.07) is 3.83. The van der Waals surface area contributed by atoms with Crippen molar-refractivity contribution in [1.29, 1.82) is 0 Å². The van der Waals surface area contributed by atoms with Gasteiger partial charge in [-0.3, -0.25) is 0 Å². The molecule has 1 saturated heterocycles. The minimum atomic E-state index is -0.946. The topological polar surface area (TPSA) is 78.4 Å². The van der Waals surface area contributed by atoms with Crippen LogP contribution in [0.5, 0.6) is 0 Å². The van der Waals surface area contributed by atoms with E-state index < -0.39 is 6.09 Å². The Labute approximate surface area is 93.3 Å². The van der Waals surface area contributed by atoms with Crippen molar-refractivity contribution < 1.29 is 9.90 Å². The number of aromatic nitrogens is 2. The second-order valence-corrected chi connectivity index (χ2v) is 3.79. The lowest BCUT2D eigenvalue weighted by Gasteiger charge is -2.32. The zero-order valence-corrected chi connectivity index (χ0v) is 8.83. The van der Waals surface area contributed by atoms with Crippen LogP contribution in [0.1, 0.15) is 12.8 Å². The molecule has 0 bridgehead atoms. The summed E-state index contributed by atoms with van der Waals surface area (Å²) in [6.07, 6.45) is 2.31. The summed E-state index contributed by atoms with van der Waals surface area (Å²) >= 11 is 0. The van der Waals surface area contributed by atoms with Crippen LogP contribution in [0.2, 0.25) is 0 Å². The Kier molecular flexibility index (Phi) is 3.19. The maximum atomic E-state index is 10.5. The molecule has 16 heavy (non-hydrogen) atoms. The van der Waals surface area contributed by atoms with Gasteiger partial charge in [-0.1, -0.05) is 0 Å². The Morgan fingerprint density at radius 1 is 1.50 bits per heavy atom. The Morgan fingerprint density at radius 3 is 2.81 bits per heavy atom. The Bertz CT molecular complexity index is 349. The average molecular weight is 222 g/mol. The van der Waals surface area contributed by atoms with E-state index in [1.54, 1.807) is 6.20 Å². The number of hydrogen-bond donors (Lipinski definition) is 2. The third-order valence-corrected chi connectivity index (χ3v) is 2.70. The minimum absolute atomic E-state index is 0.0606. The molecular formula is C10H14N4O2. The molecule has 2 rings (SSSR count). The lowest BCUT2D eigenvalue weighted by atomic mass is 10.1. The van der Waals surface area contributed by atoms with Crippen molar-refractivity contribution in [3.63, 3.8) is 0 Å². The van der Waals surface area contributed by atoms with E-state index in [9.17, 15) is 4.79 Å². The van der Waals surface area contributed by atoms with Crippen LogP contribution in [0.4, 0.5) is 10.6 Å². The second kappa shape index (κ2) is 4.78. The molecule has 6 nitrogen and oxygen atoms in total. The highest BCUT2D eigenvalue weighted by Gasteiger charge is 2.21. The molecule has 0 atom stereocenters. The van der Waals surface area contributed by atoms with E-state index in [2.05, 4.69) is 20.4 Å². The van der Waals surface area contributed by atoms with Crippen molar-refractivity contribution in [3.05, 3.63) is 18.3 Å². The van der Waals surface area contributed by atoms with E-state index in [1.165, 1.54) is 0 Å². The Balaban J connectivity index is 1.88. The molecule has 1 aromatic heterocycles. The van der Waals surface area contributed by atoms with Crippen LogP contribution in [0.3, 0.4) is 0 Å². The van der Waals surface area contributed by atoms with Crippen LogP contribution in [-0.2, 0) is 0 Å². The standard InChI is InChI=1S/C10H14N4O2/c15-10(16)12-8-3-6-14(7-4-8)9-2-1-5-11-13-9/h1-2,5,8,12H,3-4,6-7H2,(H,15,16). The van der Waals surface area contributed by atoms with Gasteiger partial charge in [-0.15, -0.1) is 5.10 Å². The van der Waals surface area contributed by atoms with Crippen LogP contribution in [-0.4, -0.2) is 40.5 Å². The highest BCUT2D eigenvalue weighted by Crippen LogP contribution is 2.16. The Morgan fingerprint density at radius 2 is 2.25 bits per heavy atom. The van der Waals surface area contributed by atoms with Crippen molar-refractivity contribution in [3.8, 4) is 0 Å². The molecule has 1 aliphatic rings. The monoisotopic (exact) mass is 222 g/mol. The first-order valence-electron chi connectivity index (χ1n) is 5.28. The van der Waals surface area contributed by atoms with E-state index >= 15 is 0 Å². The molecule has 1 amide bonds. The van der Waals surface area contributed by atoms with Gasteiger partial charge in [0.05, 0.1) is 0 Å². The quantitative estimate of drug-likeness (QED) is 0.770. The van der Waals surface area contributed by atoms with Crippen LogP contribution in [0, 0.1) is 0 Å². The number of nitrogens with one attached hydrogen (secondary N) is 1. The van der Waals surface area contributed by atoms with E-state index in [-0.39, 0.29) is 6.04 Å². The Hall–Kier alpha value is -1.85. The molecule has 0 spiro atoms. The fraction of sp³-hybridized carbons (Fsp3) is 0.500. The molecule has 0 aliphatic carbocycles. The number of piperidine rings is 1. The van der Waals surface area contributed by atoms with Crippen molar-refractivity contribution in [2.75, 3.05) is 18.0 Å². The molecular weight excluding hydrogens is 208 g/mol. The number of carbonyl (C=O) groups is 1. The highest BCUT2D eigenvalue weighted by molar-refractivity contribution is 5.64. The van der Waals surface area contributed by atoms with Crippen LogP contribution >= 0.6 is 0 Å². The molecule has 1 fully saturated rings. The van der Waals surface area contributed by atoms with Crippen molar-refractivity contribution in [2.24, 2.45) is 0 Å². The summed E-state index contributed by atoms with van der Waals surface area (Å²) in [5.41, 5.74) is 0. The number of nitrogens with zero attached hydrogens (tertiary/aromatic N) is 3. The molecule has 6 heteroatoms. The zero-order valence-electron chi connectivity index (χ0n) is 8.83. The van der Waals surface area contributed by atoms with Gasteiger partial charge in [0.1, 0.15) is 0 Å². The molecule has 86 valence electrons. The zero-order chi connectivity index (χ0) is 11.4. The minimum Gasteiger partial charge on any atom is -0.465 e. The number of amides is 1. The highest BCUT2D eigenvalue weighted by atomic mass is 16.4. The number of anilines is 1. The van der Waals surface area contributed by atoms with Gasteiger partial charge in [-0.25, -0.2) is 4.79 Å². The van der Waals surface area contributed by atoms with Gasteiger partial charge in [-0.2, -0.15) is 5.10 Å². The summed E-state index contributed by atoms with van der Waals surface area (Å²) in [5.74, 6) is 0.858. The van der Waals surface area contributed by atoms with Crippen LogP contribution < -0.4 is 10.2 Å². The lowest BCUT2D eigenvalue weighted by molar-refractivity contribution is 0.187. The lowest BCUT2D eigenvalue weighted by Crippen LogP contribution is -2.44. The van der Waals surface area contributed by atoms with E-state index in [4.69, 9.17) is 5.11 Å². The summed E-state index contributed by atoms with van der Waals surface area (Å²) in [4.78, 5) is 12.6. The van der Waals surface area contributed by atoms with Crippen molar-refractivity contribution in [1.82, 2.24) is 15.5 Å². The molecule has 0 saturated carbocycles. The number of carboxylic acid groups (broad SMARTS) is 1. The third kappa shape index (κ3) is 2.59. The first-order chi connectivity index (χ1) is 7.75. The average Bonchev–Trinajstić information content (AvgIpc) is 2.30. The van der Waals surface area contributed by atoms with E-state index in [1.807, 2.05) is 12.1 Å². The molecule has 0 aromatic carbocycles. The SMILES string of the molecule is O=C(O)NC1CCN(c2cccnn2)CC1. The second-order valence-electron chi connectivity index (χ2n) is 3.79. The predicted molar refractivity (Wildman–Crippen MR) is 58.4 cm³/mol.